The van der Waals surface area contributed by atoms with E-state index in [0.717, 1.165) is 10.9 Å². The van der Waals surface area contributed by atoms with Crippen LogP contribution >= 0.6 is 0 Å². The van der Waals surface area contributed by atoms with Crippen LogP contribution in [0, 0.1) is 0 Å². The van der Waals surface area contributed by atoms with E-state index in [-0.39, 0.29) is 0 Å². The molecule has 1 rings (SSSR count). The van der Waals surface area contributed by atoms with Crippen molar-refractivity contribution in [2.75, 3.05) is 0 Å². The number of benzene rings is 1. The molecule has 0 aliphatic carbocycles. The van der Waals surface area contributed by atoms with Gasteiger partial charge in [0, 0.05) is 0 Å². The molecule has 0 radical (unpaired) electrons. The smallest absolute Gasteiger partial charge is 0.168 e. The molecule has 56 valence electrons. The van der Waals surface area contributed by atoms with Gasteiger partial charge in [0.25, 0.3) is 0 Å². The van der Waals surface area contributed by atoms with Crippen molar-refractivity contribution >= 4 is 37.3 Å². The van der Waals surface area contributed by atoms with Crippen molar-refractivity contribution in [1.29, 1.82) is 0 Å². The fourth-order valence-electron chi connectivity index (χ4n) is 0.839. The Kier molecular flexibility index (Phi) is 2.39. The van der Waals surface area contributed by atoms with E-state index in [2.05, 4.69) is 0 Å². The van der Waals surface area contributed by atoms with E-state index in [1.165, 1.54) is 0 Å². The molecule has 0 N–H and O–H groups in total. The molecule has 1 aromatic rings. The molecular formula is C6H8B2O2S. The molecule has 0 spiro atoms. The van der Waals surface area contributed by atoms with Gasteiger partial charge in [-0.1, -0.05) is 23.1 Å². The number of hydrogen-bond donors (Lipinski definition) is 1. The summed E-state index contributed by atoms with van der Waals surface area (Å²) in [5, 5.41) is 0. The summed E-state index contributed by atoms with van der Waals surface area (Å²) in [6.45, 7) is 0. The minimum atomic E-state index is -2.42. The van der Waals surface area contributed by atoms with Gasteiger partial charge >= 0.3 is 0 Å². The largest absolute Gasteiger partial charge is 0.227 e. The molecule has 0 saturated carbocycles. The van der Waals surface area contributed by atoms with Gasteiger partial charge in [-0.3, -0.25) is 0 Å². The van der Waals surface area contributed by atoms with Crippen LogP contribution in [0.2, 0.25) is 0 Å². The molecule has 0 amide bonds. The van der Waals surface area contributed by atoms with Crippen molar-refractivity contribution in [3.63, 3.8) is 0 Å². The second-order valence-corrected chi connectivity index (χ2v) is 3.56. The van der Waals surface area contributed by atoms with Crippen molar-refractivity contribution < 1.29 is 8.42 Å². The molecule has 0 fully saturated rings. The highest BCUT2D eigenvalue weighted by molar-refractivity contribution is 7.72. The molecule has 2 nitrogen and oxygen atoms in total. The Morgan fingerprint density at radius 3 is 2.18 bits per heavy atom. The average molecular weight is 166 g/mol. The van der Waals surface area contributed by atoms with Gasteiger partial charge in [0.2, 0.25) is 0 Å². The molecule has 11 heavy (non-hydrogen) atoms. The van der Waals surface area contributed by atoms with Crippen LogP contribution in [0.3, 0.4) is 0 Å². The van der Waals surface area contributed by atoms with E-state index >= 15 is 0 Å². The van der Waals surface area contributed by atoms with E-state index in [1.54, 1.807) is 12.1 Å². The van der Waals surface area contributed by atoms with Crippen LogP contribution < -0.4 is 10.9 Å². The first-order valence-corrected chi connectivity index (χ1v) is 4.50. The summed E-state index contributed by atoms with van der Waals surface area (Å²) in [5.41, 5.74) is 2.13. The molecule has 0 atom stereocenters. The summed E-state index contributed by atoms with van der Waals surface area (Å²) in [6.07, 6.45) is 0. The Hall–Kier alpha value is -0.700. The van der Waals surface area contributed by atoms with Crippen LogP contribution in [0.25, 0.3) is 0 Å². The van der Waals surface area contributed by atoms with E-state index in [0.29, 0.717) is 4.90 Å². The Labute approximate surface area is 69.4 Å². The van der Waals surface area contributed by atoms with E-state index in [9.17, 15) is 8.42 Å². The van der Waals surface area contributed by atoms with Gasteiger partial charge in [0.15, 0.2) is 10.7 Å². The molecule has 0 bridgehead atoms. The van der Waals surface area contributed by atoms with Gasteiger partial charge in [-0.15, -0.1) is 0 Å². The molecule has 0 aliphatic heterocycles. The van der Waals surface area contributed by atoms with Crippen LogP contribution in [0.4, 0.5) is 0 Å². The third-order valence-corrected chi connectivity index (χ3v) is 2.40. The maximum atomic E-state index is 10.5. The zero-order chi connectivity index (χ0) is 8.43. The van der Waals surface area contributed by atoms with Gasteiger partial charge in [-0.25, -0.2) is 8.42 Å². The third kappa shape index (κ3) is 1.87. The number of hydrogen-bond acceptors (Lipinski definition) is 2. The molecule has 0 unspecified atom stereocenters. The minimum Gasteiger partial charge on any atom is -0.227 e. The summed E-state index contributed by atoms with van der Waals surface area (Å²) in [7, 11) is 1.43. The van der Waals surface area contributed by atoms with Gasteiger partial charge in [-0.2, -0.15) is 0 Å². The summed E-state index contributed by atoms with van der Waals surface area (Å²) >= 11 is 0. The van der Waals surface area contributed by atoms with Crippen LogP contribution in [0.5, 0.6) is 0 Å². The zero-order valence-electron chi connectivity index (χ0n) is 6.50. The molecule has 0 aromatic heterocycles. The lowest BCUT2D eigenvalue weighted by Gasteiger charge is -1.98. The van der Waals surface area contributed by atoms with Gasteiger partial charge in [-0.05, 0) is 6.07 Å². The number of rotatable bonds is 1. The Bertz CT molecular complexity index is 338. The lowest BCUT2D eigenvalue weighted by atomic mass is 9.81. The summed E-state index contributed by atoms with van der Waals surface area (Å²) in [5.74, 6) is 0. The van der Waals surface area contributed by atoms with Crippen molar-refractivity contribution in [3.05, 3.63) is 18.2 Å². The highest BCUT2D eigenvalue weighted by Gasteiger charge is 1.96. The Morgan fingerprint density at radius 1 is 1.09 bits per heavy atom. The first kappa shape index (κ1) is 8.40. The van der Waals surface area contributed by atoms with E-state index < -0.39 is 10.7 Å². The average Bonchev–Trinajstić information content (AvgIpc) is 1.94. The summed E-state index contributed by atoms with van der Waals surface area (Å²) in [6, 6.07) is 5.12. The number of thiol groups is 1. The Morgan fingerprint density at radius 2 is 1.73 bits per heavy atom. The highest BCUT2D eigenvalue weighted by Crippen LogP contribution is 1.94. The standard InChI is InChI=1S/C6H8B2O2S/c7-5-2-1-4(11(9)10)3-6(5)8/h1-3,11H,7-8H2. The fraction of sp³-hybridized carbons (Fsp3) is 0. The van der Waals surface area contributed by atoms with Crippen molar-refractivity contribution in [3.8, 4) is 0 Å². The normalized spacial score (nSPS) is 10.3. The monoisotopic (exact) mass is 166 g/mol. The summed E-state index contributed by atoms with van der Waals surface area (Å²) in [4.78, 5) is 0.392. The molecular weight excluding hydrogens is 158 g/mol. The van der Waals surface area contributed by atoms with Crippen molar-refractivity contribution in [2.24, 2.45) is 0 Å². The second kappa shape index (κ2) is 3.13. The third-order valence-electron chi connectivity index (χ3n) is 1.70. The first-order valence-electron chi connectivity index (χ1n) is 3.33. The van der Waals surface area contributed by atoms with Crippen LogP contribution in [0.15, 0.2) is 23.1 Å². The van der Waals surface area contributed by atoms with Crippen molar-refractivity contribution in [1.82, 2.24) is 0 Å². The Balaban J connectivity index is 3.26. The van der Waals surface area contributed by atoms with Crippen LogP contribution in [-0.2, 0) is 10.7 Å². The summed E-state index contributed by atoms with van der Waals surface area (Å²) < 4.78 is 21.0. The fourth-order valence-corrected chi connectivity index (χ4v) is 1.33. The van der Waals surface area contributed by atoms with Crippen molar-refractivity contribution in [2.45, 2.75) is 4.90 Å². The quantitative estimate of drug-likeness (QED) is 0.360. The SMILES string of the molecule is Bc1ccc([SH](=O)=O)cc1B. The lowest BCUT2D eigenvalue weighted by Crippen LogP contribution is -2.25. The predicted molar refractivity (Wildman–Crippen MR) is 51.4 cm³/mol. The van der Waals surface area contributed by atoms with Gasteiger partial charge < -0.3 is 0 Å². The first-order chi connectivity index (χ1) is 5.11. The lowest BCUT2D eigenvalue weighted by molar-refractivity contribution is 0.614. The maximum Gasteiger partial charge on any atom is 0.168 e. The molecule has 0 aliphatic rings. The highest BCUT2D eigenvalue weighted by atomic mass is 32.2. The zero-order valence-corrected chi connectivity index (χ0v) is 7.39. The minimum absolute atomic E-state index is 0.392. The van der Waals surface area contributed by atoms with E-state index in [1.807, 2.05) is 21.8 Å². The molecule has 0 saturated heterocycles. The molecule has 1 aromatic carbocycles. The van der Waals surface area contributed by atoms with Gasteiger partial charge in [0.05, 0.1) is 4.90 Å². The van der Waals surface area contributed by atoms with Gasteiger partial charge in [0.1, 0.15) is 15.7 Å². The topological polar surface area (TPSA) is 34.1 Å². The second-order valence-electron chi connectivity index (χ2n) is 2.53. The van der Waals surface area contributed by atoms with Crippen LogP contribution in [-0.4, -0.2) is 24.1 Å². The maximum absolute atomic E-state index is 10.5. The molecule has 5 heteroatoms. The molecule has 0 heterocycles. The van der Waals surface area contributed by atoms with Crippen LogP contribution in [0.1, 0.15) is 0 Å². The predicted octanol–water partition coefficient (Wildman–Crippen LogP) is -2.83. The van der Waals surface area contributed by atoms with E-state index in [4.69, 9.17) is 0 Å².